The fourth-order valence-corrected chi connectivity index (χ4v) is 7.18. The van der Waals surface area contributed by atoms with Gasteiger partial charge in [0.1, 0.15) is 17.6 Å². The van der Waals surface area contributed by atoms with Crippen LogP contribution in [0.5, 0.6) is 0 Å². The Morgan fingerprint density at radius 1 is 1.02 bits per heavy atom. The molecule has 244 valence electrons. The Bertz CT molecular complexity index is 1360. The molecule has 1 aliphatic heterocycles. The van der Waals surface area contributed by atoms with E-state index >= 15 is 0 Å². The summed E-state index contributed by atoms with van der Waals surface area (Å²) < 4.78 is 30.3. The molecule has 9 nitrogen and oxygen atoms in total. The summed E-state index contributed by atoms with van der Waals surface area (Å²) in [6.45, 7) is 16.4. The fourth-order valence-electron chi connectivity index (χ4n) is 7.18. The third-order valence-electron chi connectivity index (χ3n) is 10.1. The second kappa shape index (κ2) is 13.7. The minimum Gasteiger partial charge on any atom is -0.458 e. The van der Waals surface area contributed by atoms with Crippen LogP contribution in [0.2, 0.25) is 0 Å². The van der Waals surface area contributed by atoms with Gasteiger partial charge < -0.3 is 18.9 Å². The summed E-state index contributed by atoms with van der Waals surface area (Å²) in [5.41, 5.74) is 0.103. The number of rotatable bonds is 10. The molecule has 0 unspecified atom stereocenters. The fraction of sp³-hybridized carbons (Fsp3) is 0.556. The van der Waals surface area contributed by atoms with Crippen molar-refractivity contribution >= 4 is 23.9 Å². The van der Waals surface area contributed by atoms with Gasteiger partial charge in [0, 0.05) is 19.4 Å². The van der Waals surface area contributed by atoms with E-state index < -0.39 is 59.4 Å². The largest absolute Gasteiger partial charge is 0.458 e. The minimum atomic E-state index is -1.25. The monoisotopic (exact) mass is 622 g/mol. The van der Waals surface area contributed by atoms with Crippen LogP contribution < -0.4 is 0 Å². The Balaban J connectivity index is 1.96. The standard InChI is InChI=1S/C36H46O9/c1-9-21(3)16-17-35(8)23(5)18-30(44-32(40)26-14-12-11-13-15-26)36-28(33(41-24(6)37)45-34(36)42-25(7)38)19-27(20-29(35)36)43-31(39)22(4)10-2/h9,11-16,19,22-23,27,29-30,33-34H,1,10,17-18,20H2,2-8H3/b21-16+/t22-,23-,27+,29+,30+,33+,34-,35-,36-/m1/s1. The Morgan fingerprint density at radius 2 is 1.69 bits per heavy atom. The van der Waals surface area contributed by atoms with Gasteiger partial charge in [-0.2, -0.15) is 0 Å². The number of carbonyl (C=O) groups excluding carboxylic acids is 4. The first-order chi connectivity index (χ1) is 21.3. The minimum absolute atomic E-state index is 0.00779. The number of allylic oxidation sites excluding steroid dienone is 3. The van der Waals surface area contributed by atoms with E-state index in [4.69, 9.17) is 23.7 Å². The van der Waals surface area contributed by atoms with Gasteiger partial charge in [0.2, 0.25) is 12.6 Å². The molecule has 1 aromatic rings. The van der Waals surface area contributed by atoms with Gasteiger partial charge >= 0.3 is 23.9 Å². The maximum Gasteiger partial charge on any atom is 0.338 e. The third-order valence-corrected chi connectivity index (χ3v) is 10.1. The SMILES string of the molecule is C=C/C(C)=C/C[C@]1(C)[C@H](C)C[C@H](OC(=O)c2ccccc2)[C@@]23C(=C[C@H](OC(=O)[C@H](C)CC)C[C@@H]12)[C@@H](OC(C)=O)O[C@H]3OC(C)=O. The van der Waals surface area contributed by atoms with E-state index in [1.165, 1.54) is 13.8 Å². The maximum atomic E-state index is 13.6. The quantitative estimate of drug-likeness (QED) is 0.125. The smallest absolute Gasteiger partial charge is 0.338 e. The summed E-state index contributed by atoms with van der Waals surface area (Å²) in [6.07, 6.45) is 3.63. The van der Waals surface area contributed by atoms with Gasteiger partial charge in [0.05, 0.1) is 11.5 Å². The van der Waals surface area contributed by atoms with Crippen LogP contribution in [-0.4, -0.2) is 48.7 Å². The zero-order valence-electron chi connectivity index (χ0n) is 27.4. The first-order valence-corrected chi connectivity index (χ1v) is 15.8. The first-order valence-electron chi connectivity index (χ1n) is 15.8. The highest BCUT2D eigenvalue weighted by molar-refractivity contribution is 5.89. The molecule has 45 heavy (non-hydrogen) atoms. The topological polar surface area (TPSA) is 114 Å². The Hall–Kier alpha value is -3.72. The zero-order chi connectivity index (χ0) is 33.1. The van der Waals surface area contributed by atoms with Gasteiger partial charge in [-0.15, -0.1) is 0 Å². The molecule has 1 spiro atoms. The van der Waals surface area contributed by atoms with E-state index in [9.17, 15) is 19.2 Å². The molecule has 1 saturated heterocycles. The number of hydrogen-bond acceptors (Lipinski definition) is 9. The molecule has 0 aromatic heterocycles. The maximum absolute atomic E-state index is 13.6. The highest BCUT2D eigenvalue weighted by Gasteiger charge is 2.72. The lowest BCUT2D eigenvalue weighted by atomic mass is 9.45. The summed E-state index contributed by atoms with van der Waals surface area (Å²) in [5.74, 6) is -2.81. The first kappa shape index (κ1) is 34.2. The summed E-state index contributed by atoms with van der Waals surface area (Å²) in [4.78, 5) is 51.7. The van der Waals surface area contributed by atoms with Crippen molar-refractivity contribution in [2.75, 3.05) is 0 Å². The van der Waals surface area contributed by atoms with Gasteiger partial charge in [0.25, 0.3) is 0 Å². The van der Waals surface area contributed by atoms with Crippen LogP contribution in [0, 0.1) is 28.6 Å². The normalized spacial score (nSPS) is 33.0. The summed E-state index contributed by atoms with van der Waals surface area (Å²) in [5, 5.41) is 0. The van der Waals surface area contributed by atoms with E-state index in [2.05, 4.69) is 26.5 Å². The second-order valence-corrected chi connectivity index (χ2v) is 12.9. The van der Waals surface area contributed by atoms with E-state index in [1.54, 1.807) is 36.4 Å². The molecule has 0 N–H and O–H groups in total. The number of ether oxygens (including phenoxy) is 5. The zero-order valence-corrected chi connectivity index (χ0v) is 27.4. The average Bonchev–Trinajstić information content (AvgIpc) is 3.29. The Morgan fingerprint density at radius 3 is 2.29 bits per heavy atom. The molecule has 1 aromatic carbocycles. The van der Waals surface area contributed by atoms with Crippen LogP contribution in [0.1, 0.15) is 84.5 Å². The van der Waals surface area contributed by atoms with Crippen molar-refractivity contribution in [2.45, 2.75) is 98.9 Å². The molecular formula is C36H46O9. The van der Waals surface area contributed by atoms with Crippen molar-refractivity contribution < 1.29 is 42.9 Å². The molecule has 9 heteroatoms. The van der Waals surface area contributed by atoms with Crippen molar-refractivity contribution in [2.24, 2.45) is 28.6 Å². The number of hydrogen-bond donors (Lipinski definition) is 0. The molecular weight excluding hydrogens is 576 g/mol. The molecule has 2 fully saturated rings. The van der Waals surface area contributed by atoms with Gasteiger partial charge in [0.15, 0.2) is 0 Å². The van der Waals surface area contributed by atoms with Crippen LogP contribution in [0.15, 0.2) is 66.3 Å². The van der Waals surface area contributed by atoms with Crippen molar-refractivity contribution in [1.82, 2.24) is 0 Å². The lowest BCUT2D eigenvalue weighted by Crippen LogP contribution is -2.64. The van der Waals surface area contributed by atoms with Gasteiger partial charge in [-0.1, -0.05) is 70.2 Å². The van der Waals surface area contributed by atoms with Crippen molar-refractivity contribution in [3.63, 3.8) is 0 Å². The van der Waals surface area contributed by atoms with E-state index in [-0.39, 0.29) is 17.8 Å². The molecule has 1 saturated carbocycles. The van der Waals surface area contributed by atoms with E-state index in [1.807, 2.05) is 26.8 Å². The van der Waals surface area contributed by atoms with E-state index in [0.29, 0.717) is 36.8 Å². The number of carbonyl (C=O) groups is 4. The summed E-state index contributed by atoms with van der Waals surface area (Å²) in [7, 11) is 0. The van der Waals surface area contributed by atoms with Crippen molar-refractivity contribution in [1.29, 1.82) is 0 Å². The van der Waals surface area contributed by atoms with Crippen molar-refractivity contribution in [3.05, 3.63) is 71.8 Å². The molecule has 2 aliphatic carbocycles. The van der Waals surface area contributed by atoms with Crippen LogP contribution >= 0.6 is 0 Å². The Kier molecular flexibility index (Phi) is 10.4. The Labute approximate surface area is 266 Å². The molecule has 4 rings (SSSR count). The molecule has 0 bridgehead atoms. The van der Waals surface area contributed by atoms with Crippen LogP contribution in [0.25, 0.3) is 0 Å². The van der Waals surface area contributed by atoms with Crippen LogP contribution in [0.3, 0.4) is 0 Å². The average molecular weight is 623 g/mol. The van der Waals surface area contributed by atoms with Gasteiger partial charge in [-0.05, 0) is 68.1 Å². The van der Waals surface area contributed by atoms with E-state index in [0.717, 1.165) is 5.57 Å². The van der Waals surface area contributed by atoms with Crippen LogP contribution in [0.4, 0.5) is 0 Å². The molecule has 3 aliphatic rings. The van der Waals surface area contributed by atoms with Crippen molar-refractivity contribution in [3.8, 4) is 0 Å². The third kappa shape index (κ3) is 6.64. The highest BCUT2D eigenvalue weighted by atomic mass is 16.8. The summed E-state index contributed by atoms with van der Waals surface area (Å²) >= 11 is 0. The second-order valence-electron chi connectivity index (χ2n) is 12.9. The molecule has 1 heterocycles. The predicted octanol–water partition coefficient (Wildman–Crippen LogP) is 6.48. The number of benzene rings is 1. The van der Waals surface area contributed by atoms with Crippen LogP contribution in [-0.2, 0) is 38.1 Å². The van der Waals surface area contributed by atoms with Gasteiger partial charge in [-0.25, -0.2) is 4.79 Å². The molecule has 9 atom stereocenters. The highest BCUT2D eigenvalue weighted by Crippen LogP contribution is 2.68. The molecule has 0 amide bonds. The lowest BCUT2D eigenvalue weighted by molar-refractivity contribution is -0.253. The predicted molar refractivity (Wildman–Crippen MR) is 166 cm³/mol. The summed E-state index contributed by atoms with van der Waals surface area (Å²) in [6, 6.07) is 8.67. The van der Waals surface area contributed by atoms with Gasteiger partial charge in [-0.3, -0.25) is 19.1 Å². The molecule has 0 radical (unpaired) electrons. The number of esters is 4. The lowest BCUT2D eigenvalue weighted by Gasteiger charge is -2.60.